The predicted molar refractivity (Wildman–Crippen MR) is 84.3 cm³/mol. The van der Waals surface area contributed by atoms with Crippen molar-refractivity contribution in [3.05, 3.63) is 23.4 Å². The molecule has 0 radical (unpaired) electrons. The van der Waals surface area contributed by atoms with Crippen LogP contribution in [0.5, 0.6) is 0 Å². The van der Waals surface area contributed by atoms with Gasteiger partial charge in [-0.25, -0.2) is 4.98 Å². The summed E-state index contributed by atoms with van der Waals surface area (Å²) in [6, 6.07) is 5.19. The van der Waals surface area contributed by atoms with E-state index in [0.717, 1.165) is 6.54 Å². The summed E-state index contributed by atoms with van der Waals surface area (Å²) in [6.45, 7) is 9.21. The van der Waals surface area contributed by atoms with Crippen LogP contribution in [-0.2, 0) is 0 Å². The van der Waals surface area contributed by atoms with Gasteiger partial charge in [0.1, 0.15) is 5.82 Å². The number of pyridine rings is 1. The minimum absolute atomic E-state index is 0.600. The standard InChI is InChI=1S/C17H27N3/c1-3-19-13-7-8-16(19)15-9-10-17(18-14(15)2)20-11-5-4-6-12-20/h9-10,16H,3-8,11-13H2,1-2H3. The molecular weight excluding hydrogens is 246 g/mol. The molecule has 1 atom stereocenters. The first kappa shape index (κ1) is 13.9. The molecule has 3 rings (SSSR count). The number of nitrogens with zero attached hydrogens (tertiary/aromatic N) is 3. The molecule has 1 unspecified atom stereocenters. The average Bonchev–Trinajstić information content (AvgIpc) is 2.96. The van der Waals surface area contributed by atoms with Crippen molar-refractivity contribution < 1.29 is 0 Å². The van der Waals surface area contributed by atoms with Gasteiger partial charge in [0.25, 0.3) is 0 Å². The molecule has 110 valence electrons. The Labute approximate surface area is 123 Å². The van der Waals surface area contributed by atoms with Crippen molar-refractivity contribution in [1.82, 2.24) is 9.88 Å². The Morgan fingerprint density at radius 2 is 1.90 bits per heavy atom. The maximum atomic E-state index is 4.91. The lowest BCUT2D eigenvalue weighted by Crippen LogP contribution is -2.30. The van der Waals surface area contributed by atoms with Gasteiger partial charge in [0.15, 0.2) is 0 Å². The van der Waals surface area contributed by atoms with Crippen LogP contribution in [0.1, 0.15) is 56.3 Å². The van der Waals surface area contributed by atoms with Crippen molar-refractivity contribution >= 4 is 5.82 Å². The van der Waals surface area contributed by atoms with Crippen molar-refractivity contribution in [1.29, 1.82) is 0 Å². The van der Waals surface area contributed by atoms with E-state index in [-0.39, 0.29) is 0 Å². The van der Waals surface area contributed by atoms with Crippen LogP contribution in [-0.4, -0.2) is 36.1 Å². The molecule has 1 aromatic heterocycles. The molecular formula is C17H27N3. The second-order valence-corrected chi connectivity index (χ2v) is 6.18. The van der Waals surface area contributed by atoms with E-state index in [9.17, 15) is 0 Å². The Kier molecular flexibility index (Phi) is 4.25. The van der Waals surface area contributed by atoms with E-state index in [0.29, 0.717) is 6.04 Å². The number of aryl methyl sites for hydroxylation is 1. The maximum Gasteiger partial charge on any atom is 0.128 e. The van der Waals surface area contributed by atoms with Gasteiger partial charge in [0.2, 0.25) is 0 Å². The Hall–Kier alpha value is -1.09. The topological polar surface area (TPSA) is 19.4 Å². The van der Waals surface area contributed by atoms with Crippen LogP contribution in [0, 0.1) is 6.92 Å². The number of likely N-dealkylation sites (tertiary alicyclic amines) is 1. The molecule has 2 aliphatic rings. The number of hydrogen-bond donors (Lipinski definition) is 0. The molecule has 1 aromatic rings. The van der Waals surface area contributed by atoms with Crippen molar-refractivity contribution in [3.8, 4) is 0 Å². The minimum Gasteiger partial charge on any atom is -0.357 e. The number of piperidine rings is 1. The summed E-state index contributed by atoms with van der Waals surface area (Å²) < 4.78 is 0. The van der Waals surface area contributed by atoms with Crippen LogP contribution in [0.3, 0.4) is 0 Å². The van der Waals surface area contributed by atoms with E-state index in [4.69, 9.17) is 4.98 Å². The summed E-state index contributed by atoms with van der Waals surface area (Å²) in [7, 11) is 0. The molecule has 20 heavy (non-hydrogen) atoms. The normalized spacial score (nSPS) is 24.3. The lowest BCUT2D eigenvalue weighted by Gasteiger charge is -2.29. The molecule has 0 aromatic carbocycles. The largest absolute Gasteiger partial charge is 0.357 e. The smallest absolute Gasteiger partial charge is 0.128 e. The highest BCUT2D eigenvalue weighted by atomic mass is 15.2. The minimum atomic E-state index is 0.600. The molecule has 3 heterocycles. The Bertz CT molecular complexity index is 452. The van der Waals surface area contributed by atoms with E-state index in [1.807, 2.05) is 0 Å². The third kappa shape index (κ3) is 2.69. The highest BCUT2D eigenvalue weighted by Gasteiger charge is 2.26. The van der Waals surface area contributed by atoms with Crippen LogP contribution in [0.15, 0.2) is 12.1 Å². The molecule has 3 heteroatoms. The van der Waals surface area contributed by atoms with Gasteiger partial charge in [-0.05, 0) is 63.7 Å². The summed E-state index contributed by atoms with van der Waals surface area (Å²) >= 11 is 0. The molecule has 0 N–H and O–H groups in total. The number of anilines is 1. The van der Waals surface area contributed by atoms with E-state index < -0.39 is 0 Å². The quantitative estimate of drug-likeness (QED) is 0.839. The first-order valence-corrected chi connectivity index (χ1v) is 8.26. The van der Waals surface area contributed by atoms with E-state index in [1.54, 1.807) is 0 Å². The highest BCUT2D eigenvalue weighted by Crippen LogP contribution is 2.33. The zero-order chi connectivity index (χ0) is 13.9. The summed E-state index contributed by atoms with van der Waals surface area (Å²) in [6.07, 6.45) is 6.62. The predicted octanol–water partition coefficient (Wildman–Crippen LogP) is 3.54. The van der Waals surface area contributed by atoms with Gasteiger partial charge in [0.05, 0.1) is 0 Å². The van der Waals surface area contributed by atoms with Gasteiger partial charge in [-0.1, -0.05) is 13.0 Å². The number of aromatic nitrogens is 1. The van der Waals surface area contributed by atoms with Crippen LogP contribution in [0.25, 0.3) is 0 Å². The fourth-order valence-electron chi connectivity index (χ4n) is 3.77. The van der Waals surface area contributed by atoms with Crippen LogP contribution >= 0.6 is 0 Å². The van der Waals surface area contributed by atoms with E-state index >= 15 is 0 Å². The second-order valence-electron chi connectivity index (χ2n) is 6.18. The van der Waals surface area contributed by atoms with E-state index in [2.05, 4.69) is 35.8 Å². The summed E-state index contributed by atoms with van der Waals surface area (Å²) in [5, 5.41) is 0. The Balaban J connectivity index is 1.80. The zero-order valence-electron chi connectivity index (χ0n) is 12.9. The lowest BCUT2D eigenvalue weighted by atomic mass is 10.0. The van der Waals surface area contributed by atoms with E-state index in [1.165, 1.54) is 68.8 Å². The monoisotopic (exact) mass is 273 g/mol. The van der Waals surface area contributed by atoms with Crippen molar-refractivity contribution in [2.24, 2.45) is 0 Å². The second kappa shape index (κ2) is 6.13. The zero-order valence-corrected chi connectivity index (χ0v) is 12.9. The molecule has 0 aliphatic carbocycles. The van der Waals surface area contributed by atoms with Gasteiger partial charge < -0.3 is 4.90 Å². The van der Waals surface area contributed by atoms with Gasteiger partial charge >= 0.3 is 0 Å². The molecule has 3 nitrogen and oxygen atoms in total. The number of hydrogen-bond acceptors (Lipinski definition) is 3. The highest BCUT2D eigenvalue weighted by molar-refractivity contribution is 5.43. The first-order valence-electron chi connectivity index (χ1n) is 8.26. The van der Waals surface area contributed by atoms with Crippen LogP contribution < -0.4 is 4.90 Å². The fourth-order valence-corrected chi connectivity index (χ4v) is 3.77. The summed E-state index contributed by atoms with van der Waals surface area (Å²) in [5.41, 5.74) is 2.68. The molecule has 0 amide bonds. The van der Waals surface area contributed by atoms with Crippen molar-refractivity contribution in [3.63, 3.8) is 0 Å². The Morgan fingerprint density at radius 3 is 2.60 bits per heavy atom. The molecule has 2 aliphatic heterocycles. The lowest BCUT2D eigenvalue weighted by molar-refractivity contribution is 0.270. The molecule has 2 saturated heterocycles. The summed E-state index contributed by atoms with van der Waals surface area (Å²) in [4.78, 5) is 9.95. The van der Waals surface area contributed by atoms with Crippen molar-refractivity contribution in [2.75, 3.05) is 31.1 Å². The average molecular weight is 273 g/mol. The Morgan fingerprint density at radius 1 is 1.10 bits per heavy atom. The van der Waals surface area contributed by atoms with Crippen molar-refractivity contribution in [2.45, 2.75) is 52.0 Å². The number of rotatable bonds is 3. The molecule has 0 bridgehead atoms. The maximum absolute atomic E-state index is 4.91. The first-order chi connectivity index (χ1) is 9.79. The summed E-state index contributed by atoms with van der Waals surface area (Å²) in [5.74, 6) is 1.19. The third-order valence-corrected chi connectivity index (χ3v) is 4.92. The molecule has 0 saturated carbocycles. The van der Waals surface area contributed by atoms with Gasteiger partial charge in [-0.2, -0.15) is 0 Å². The van der Waals surface area contributed by atoms with Crippen LogP contribution in [0.4, 0.5) is 5.82 Å². The molecule has 2 fully saturated rings. The fraction of sp³-hybridized carbons (Fsp3) is 0.706. The third-order valence-electron chi connectivity index (χ3n) is 4.92. The van der Waals surface area contributed by atoms with Gasteiger partial charge in [-0.3, -0.25) is 4.90 Å². The SMILES string of the molecule is CCN1CCCC1c1ccc(N2CCCCC2)nc1C. The van der Waals surface area contributed by atoms with Crippen LogP contribution in [0.2, 0.25) is 0 Å². The van der Waals surface area contributed by atoms with Gasteiger partial charge in [-0.15, -0.1) is 0 Å². The molecule has 0 spiro atoms. The van der Waals surface area contributed by atoms with Gasteiger partial charge in [0, 0.05) is 24.8 Å².